The SMILES string of the molecule is Cc1ncnc2ccc(-c3cc(-c4nn[nH]n4)c(N)nc3-c3ccc(F)cc3)cc12. The van der Waals surface area contributed by atoms with E-state index in [1.807, 2.05) is 31.2 Å². The lowest BCUT2D eigenvalue weighted by molar-refractivity contribution is 0.628. The van der Waals surface area contributed by atoms with Crippen LogP contribution in [0.5, 0.6) is 0 Å². The maximum Gasteiger partial charge on any atom is 0.208 e. The second-order valence-electron chi connectivity index (χ2n) is 6.75. The Morgan fingerprint density at radius 2 is 1.73 bits per heavy atom. The molecule has 3 aromatic heterocycles. The number of benzene rings is 2. The van der Waals surface area contributed by atoms with E-state index < -0.39 is 0 Å². The zero-order chi connectivity index (χ0) is 20.7. The summed E-state index contributed by atoms with van der Waals surface area (Å²) in [5, 5.41) is 15.0. The quantitative estimate of drug-likeness (QED) is 0.477. The van der Waals surface area contributed by atoms with Crippen LogP contribution in [-0.4, -0.2) is 35.6 Å². The van der Waals surface area contributed by atoms with Crippen molar-refractivity contribution in [2.24, 2.45) is 0 Å². The summed E-state index contributed by atoms with van der Waals surface area (Å²) >= 11 is 0. The number of nitrogens with zero attached hydrogens (tertiary/aromatic N) is 6. The second kappa shape index (κ2) is 6.96. The standard InChI is InChI=1S/C21H15FN8/c1-11-15-8-13(4-7-18(15)25-10-24-11)16-9-17(21-27-29-30-28-21)20(23)26-19(16)12-2-5-14(22)6-3-12/h2-10H,1H3,(H2,23,26)(H,27,28,29,30). The van der Waals surface area contributed by atoms with Gasteiger partial charge < -0.3 is 5.73 Å². The molecular weight excluding hydrogens is 383 g/mol. The first-order valence-electron chi connectivity index (χ1n) is 9.12. The van der Waals surface area contributed by atoms with Gasteiger partial charge >= 0.3 is 0 Å². The van der Waals surface area contributed by atoms with Crippen LogP contribution in [0, 0.1) is 12.7 Å². The monoisotopic (exact) mass is 398 g/mol. The third-order valence-corrected chi connectivity index (χ3v) is 4.90. The van der Waals surface area contributed by atoms with Gasteiger partial charge in [0.2, 0.25) is 5.82 Å². The van der Waals surface area contributed by atoms with Gasteiger partial charge in [0.25, 0.3) is 0 Å². The van der Waals surface area contributed by atoms with Gasteiger partial charge in [-0.3, -0.25) is 0 Å². The van der Waals surface area contributed by atoms with E-state index in [2.05, 4.69) is 35.6 Å². The topological polar surface area (TPSA) is 119 Å². The van der Waals surface area contributed by atoms with E-state index in [0.29, 0.717) is 17.1 Å². The van der Waals surface area contributed by atoms with Crippen LogP contribution >= 0.6 is 0 Å². The molecule has 0 aliphatic rings. The molecule has 0 saturated heterocycles. The highest BCUT2D eigenvalue weighted by Gasteiger charge is 2.17. The molecule has 9 heteroatoms. The van der Waals surface area contributed by atoms with Crippen LogP contribution in [0.4, 0.5) is 10.2 Å². The molecule has 3 N–H and O–H groups in total. The molecule has 8 nitrogen and oxygen atoms in total. The molecule has 0 fully saturated rings. The molecule has 3 heterocycles. The Bertz CT molecular complexity index is 1360. The summed E-state index contributed by atoms with van der Waals surface area (Å²) < 4.78 is 13.5. The molecule has 2 aromatic carbocycles. The number of hydrogen-bond acceptors (Lipinski definition) is 7. The normalized spacial score (nSPS) is 11.1. The van der Waals surface area contributed by atoms with Crippen molar-refractivity contribution >= 4 is 16.7 Å². The van der Waals surface area contributed by atoms with Gasteiger partial charge in [0.05, 0.1) is 16.8 Å². The molecule has 0 saturated carbocycles. The number of aromatic nitrogens is 7. The number of rotatable bonds is 3. The van der Waals surface area contributed by atoms with E-state index in [4.69, 9.17) is 5.73 Å². The fourth-order valence-electron chi connectivity index (χ4n) is 3.38. The van der Waals surface area contributed by atoms with Crippen molar-refractivity contribution in [1.82, 2.24) is 35.6 Å². The summed E-state index contributed by atoms with van der Waals surface area (Å²) in [7, 11) is 0. The first-order chi connectivity index (χ1) is 14.6. The number of nitrogens with two attached hydrogens (primary N) is 1. The summed E-state index contributed by atoms with van der Waals surface area (Å²) in [6.45, 7) is 1.93. The van der Waals surface area contributed by atoms with Crippen molar-refractivity contribution in [3.63, 3.8) is 0 Å². The largest absolute Gasteiger partial charge is 0.383 e. The van der Waals surface area contributed by atoms with E-state index in [9.17, 15) is 4.39 Å². The predicted octanol–water partition coefficient (Wildman–Crippen LogP) is 3.57. The van der Waals surface area contributed by atoms with E-state index in [-0.39, 0.29) is 11.6 Å². The molecule has 5 rings (SSSR count). The minimum Gasteiger partial charge on any atom is -0.383 e. The molecule has 146 valence electrons. The number of aryl methyl sites for hydroxylation is 1. The Balaban J connectivity index is 1.79. The zero-order valence-corrected chi connectivity index (χ0v) is 15.8. The van der Waals surface area contributed by atoms with Gasteiger partial charge in [-0.05, 0) is 60.2 Å². The van der Waals surface area contributed by atoms with Crippen molar-refractivity contribution in [2.45, 2.75) is 6.92 Å². The van der Waals surface area contributed by atoms with Crippen molar-refractivity contribution < 1.29 is 4.39 Å². The zero-order valence-electron chi connectivity index (χ0n) is 15.8. The van der Waals surface area contributed by atoms with Crippen molar-refractivity contribution in [3.8, 4) is 33.8 Å². The van der Waals surface area contributed by atoms with Crippen molar-refractivity contribution in [1.29, 1.82) is 0 Å². The van der Waals surface area contributed by atoms with E-state index in [0.717, 1.165) is 33.3 Å². The van der Waals surface area contributed by atoms with Gasteiger partial charge in [-0.1, -0.05) is 6.07 Å². The molecule has 0 spiro atoms. The number of pyridine rings is 1. The maximum atomic E-state index is 13.5. The summed E-state index contributed by atoms with van der Waals surface area (Å²) in [6, 6.07) is 13.9. The molecule has 0 aliphatic carbocycles. The fourth-order valence-corrected chi connectivity index (χ4v) is 3.38. The highest BCUT2D eigenvalue weighted by atomic mass is 19.1. The number of H-pyrrole nitrogens is 1. The van der Waals surface area contributed by atoms with Gasteiger partial charge in [-0.25, -0.2) is 19.3 Å². The van der Waals surface area contributed by atoms with Crippen LogP contribution in [-0.2, 0) is 0 Å². The number of fused-ring (bicyclic) bond motifs is 1. The maximum absolute atomic E-state index is 13.5. The highest BCUT2D eigenvalue weighted by molar-refractivity contribution is 5.92. The van der Waals surface area contributed by atoms with Crippen LogP contribution in [0.25, 0.3) is 44.7 Å². The van der Waals surface area contributed by atoms with Gasteiger partial charge in [0.1, 0.15) is 18.0 Å². The van der Waals surface area contributed by atoms with Crippen LogP contribution in [0.1, 0.15) is 5.69 Å². The molecular formula is C21H15FN8. The number of halogens is 1. The van der Waals surface area contributed by atoms with Crippen LogP contribution in [0.2, 0.25) is 0 Å². The molecule has 0 unspecified atom stereocenters. The average Bonchev–Trinajstić information content (AvgIpc) is 3.29. The Hall–Kier alpha value is -4.27. The average molecular weight is 398 g/mol. The van der Waals surface area contributed by atoms with Gasteiger partial charge in [-0.15, -0.1) is 10.2 Å². The Kier molecular flexibility index (Phi) is 4.13. The van der Waals surface area contributed by atoms with Gasteiger partial charge in [-0.2, -0.15) is 5.21 Å². The Morgan fingerprint density at radius 3 is 2.50 bits per heavy atom. The number of nitrogen functional groups attached to an aromatic ring is 1. The second-order valence-corrected chi connectivity index (χ2v) is 6.75. The van der Waals surface area contributed by atoms with Crippen LogP contribution in [0.15, 0.2) is 54.9 Å². The summed E-state index contributed by atoms with van der Waals surface area (Å²) in [4.78, 5) is 13.2. The predicted molar refractivity (Wildman–Crippen MR) is 110 cm³/mol. The van der Waals surface area contributed by atoms with Crippen molar-refractivity contribution in [2.75, 3.05) is 5.73 Å². The Morgan fingerprint density at radius 1 is 0.933 bits per heavy atom. The molecule has 0 amide bonds. The lowest BCUT2D eigenvalue weighted by Crippen LogP contribution is -2.00. The first kappa shape index (κ1) is 17.8. The Labute approximate surface area is 170 Å². The summed E-state index contributed by atoms with van der Waals surface area (Å²) in [6.07, 6.45) is 1.54. The first-order valence-corrected chi connectivity index (χ1v) is 9.12. The lowest BCUT2D eigenvalue weighted by atomic mass is 9.96. The number of tetrazole rings is 1. The minimum absolute atomic E-state index is 0.250. The molecule has 30 heavy (non-hydrogen) atoms. The molecule has 0 atom stereocenters. The molecule has 0 aliphatic heterocycles. The summed E-state index contributed by atoms with van der Waals surface area (Å²) in [5.74, 6) is 0.266. The third kappa shape index (κ3) is 3.02. The van der Waals surface area contributed by atoms with E-state index >= 15 is 0 Å². The van der Waals surface area contributed by atoms with E-state index in [1.54, 1.807) is 18.5 Å². The number of nitrogens with one attached hydrogen (secondary N) is 1. The van der Waals surface area contributed by atoms with Gasteiger partial charge in [0, 0.05) is 22.2 Å². The minimum atomic E-state index is -0.324. The number of aromatic amines is 1. The molecule has 0 bridgehead atoms. The number of anilines is 1. The fraction of sp³-hybridized carbons (Fsp3) is 0.0476. The van der Waals surface area contributed by atoms with Crippen LogP contribution < -0.4 is 5.73 Å². The molecule has 5 aromatic rings. The third-order valence-electron chi connectivity index (χ3n) is 4.90. The number of hydrogen-bond donors (Lipinski definition) is 2. The van der Waals surface area contributed by atoms with Gasteiger partial charge in [0.15, 0.2) is 0 Å². The van der Waals surface area contributed by atoms with Crippen LogP contribution in [0.3, 0.4) is 0 Å². The molecule has 0 radical (unpaired) electrons. The van der Waals surface area contributed by atoms with E-state index in [1.165, 1.54) is 12.1 Å². The van der Waals surface area contributed by atoms with Crippen molar-refractivity contribution in [3.05, 3.63) is 66.4 Å². The lowest BCUT2D eigenvalue weighted by Gasteiger charge is -2.14. The highest BCUT2D eigenvalue weighted by Crippen LogP contribution is 2.37. The summed E-state index contributed by atoms with van der Waals surface area (Å²) in [5.41, 5.74) is 11.5. The smallest absolute Gasteiger partial charge is 0.208 e.